The number of phenolic OH excluding ortho intramolecular Hbond substituents is 1. The number of aromatic nitrogens is 3. The SMILES string of the molecule is COc1nnc(-c2cc(C)c(O)c(C)c2)cc1-c1cc2ccc(C(O[Si](C)C)C(C)(C)C)cc2n1C(=O)OC(C)(C)C. The van der Waals surface area contributed by atoms with Crippen molar-refractivity contribution in [2.75, 3.05) is 7.11 Å². The lowest BCUT2D eigenvalue weighted by Gasteiger charge is -2.33. The molecule has 0 aliphatic heterocycles. The van der Waals surface area contributed by atoms with Crippen LogP contribution in [-0.4, -0.2) is 47.7 Å². The van der Waals surface area contributed by atoms with E-state index in [2.05, 4.69) is 50.1 Å². The van der Waals surface area contributed by atoms with Gasteiger partial charge in [-0.1, -0.05) is 32.9 Å². The van der Waals surface area contributed by atoms with Gasteiger partial charge in [0.1, 0.15) is 11.4 Å². The third kappa shape index (κ3) is 6.52. The number of aromatic hydroxyl groups is 1. The van der Waals surface area contributed by atoms with Gasteiger partial charge in [0.25, 0.3) is 0 Å². The summed E-state index contributed by atoms with van der Waals surface area (Å²) in [7, 11) is 0.531. The van der Waals surface area contributed by atoms with Gasteiger partial charge in [-0.3, -0.25) is 0 Å². The van der Waals surface area contributed by atoms with E-state index in [0.717, 1.165) is 27.6 Å². The molecule has 2 aromatic heterocycles. The molecular formula is C33H42N3O5Si. The fourth-order valence-electron chi connectivity index (χ4n) is 5.02. The van der Waals surface area contributed by atoms with E-state index in [1.54, 1.807) is 4.57 Å². The predicted molar refractivity (Wildman–Crippen MR) is 168 cm³/mol. The van der Waals surface area contributed by atoms with E-state index in [1.807, 2.05) is 71.0 Å². The van der Waals surface area contributed by atoms with Crippen LogP contribution in [0.4, 0.5) is 4.79 Å². The molecule has 1 radical (unpaired) electrons. The summed E-state index contributed by atoms with van der Waals surface area (Å²) in [6.07, 6.45) is -0.661. The topological polar surface area (TPSA) is 95.7 Å². The van der Waals surface area contributed by atoms with Crippen molar-refractivity contribution in [1.29, 1.82) is 0 Å². The molecule has 0 spiro atoms. The quantitative estimate of drug-likeness (QED) is 0.227. The van der Waals surface area contributed by atoms with Crippen LogP contribution in [0.15, 0.2) is 42.5 Å². The van der Waals surface area contributed by atoms with Gasteiger partial charge in [0.15, 0.2) is 0 Å². The Morgan fingerprint density at radius 1 is 0.952 bits per heavy atom. The number of hydrogen-bond acceptors (Lipinski definition) is 7. The van der Waals surface area contributed by atoms with Crippen LogP contribution < -0.4 is 4.74 Å². The van der Waals surface area contributed by atoms with Gasteiger partial charge in [0.2, 0.25) is 14.9 Å². The normalized spacial score (nSPS) is 13.0. The molecule has 0 saturated heterocycles. The highest BCUT2D eigenvalue weighted by Gasteiger charge is 2.30. The summed E-state index contributed by atoms with van der Waals surface area (Å²) >= 11 is 0. The second-order valence-corrected chi connectivity index (χ2v) is 15.1. The van der Waals surface area contributed by atoms with Crippen LogP contribution in [0.2, 0.25) is 13.1 Å². The molecule has 1 N–H and O–H groups in total. The molecule has 9 heteroatoms. The fourth-order valence-corrected chi connectivity index (χ4v) is 5.98. The number of ether oxygens (including phenoxy) is 2. The number of benzene rings is 2. The second kappa shape index (κ2) is 11.5. The molecule has 1 atom stereocenters. The van der Waals surface area contributed by atoms with Crippen molar-refractivity contribution in [3.8, 4) is 34.1 Å². The van der Waals surface area contributed by atoms with Crippen molar-refractivity contribution in [2.24, 2.45) is 5.41 Å². The zero-order chi connectivity index (χ0) is 31.1. The third-order valence-electron chi connectivity index (χ3n) is 6.86. The van der Waals surface area contributed by atoms with E-state index in [0.29, 0.717) is 22.5 Å². The zero-order valence-corrected chi connectivity index (χ0v) is 27.5. The van der Waals surface area contributed by atoms with Gasteiger partial charge in [-0.2, -0.15) is 0 Å². The first-order valence-electron chi connectivity index (χ1n) is 14.1. The lowest BCUT2D eigenvalue weighted by atomic mass is 9.84. The average Bonchev–Trinajstić information content (AvgIpc) is 3.26. The number of hydrogen-bond donors (Lipinski definition) is 1. The maximum Gasteiger partial charge on any atom is 0.419 e. The summed E-state index contributed by atoms with van der Waals surface area (Å²) in [6.45, 7) is 20.0. The number of methoxy groups -OCH3 is 1. The molecule has 0 bridgehead atoms. The number of fused-ring (bicyclic) bond motifs is 1. The van der Waals surface area contributed by atoms with Crippen molar-refractivity contribution < 1.29 is 23.8 Å². The van der Waals surface area contributed by atoms with Gasteiger partial charge in [0.05, 0.1) is 35.7 Å². The highest BCUT2D eigenvalue weighted by atomic mass is 28.3. The van der Waals surface area contributed by atoms with Crippen molar-refractivity contribution >= 4 is 26.0 Å². The summed E-state index contributed by atoms with van der Waals surface area (Å²) in [5.74, 6) is 0.525. The van der Waals surface area contributed by atoms with Crippen molar-refractivity contribution in [1.82, 2.24) is 14.8 Å². The summed E-state index contributed by atoms with van der Waals surface area (Å²) < 4.78 is 19.6. The van der Waals surface area contributed by atoms with Crippen LogP contribution in [0, 0.1) is 19.3 Å². The van der Waals surface area contributed by atoms with Crippen LogP contribution >= 0.6 is 0 Å². The van der Waals surface area contributed by atoms with Gasteiger partial charge in [0, 0.05) is 10.9 Å². The predicted octanol–water partition coefficient (Wildman–Crippen LogP) is 8.23. The molecule has 1 unspecified atom stereocenters. The molecule has 2 heterocycles. The Morgan fingerprint density at radius 3 is 2.14 bits per heavy atom. The van der Waals surface area contributed by atoms with E-state index >= 15 is 0 Å². The number of rotatable bonds is 6. The first-order valence-corrected chi connectivity index (χ1v) is 16.5. The van der Waals surface area contributed by atoms with Gasteiger partial charge in [-0.15, -0.1) is 10.2 Å². The summed E-state index contributed by atoms with van der Waals surface area (Å²) in [5.41, 5.74) is 4.83. The second-order valence-electron chi connectivity index (χ2n) is 13.0. The molecule has 0 saturated carbocycles. The zero-order valence-electron chi connectivity index (χ0n) is 26.5. The molecule has 4 aromatic rings. The lowest BCUT2D eigenvalue weighted by Crippen LogP contribution is -2.28. The Hall–Kier alpha value is -3.69. The molecule has 4 rings (SSSR count). The highest BCUT2D eigenvalue weighted by Crippen LogP contribution is 2.41. The van der Waals surface area contributed by atoms with Crippen LogP contribution in [0.5, 0.6) is 11.6 Å². The van der Waals surface area contributed by atoms with E-state index in [4.69, 9.17) is 13.9 Å². The van der Waals surface area contributed by atoms with E-state index < -0.39 is 20.7 Å². The maximum absolute atomic E-state index is 13.9. The van der Waals surface area contributed by atoms with Crippen LogP contribution in [0.1, 0.15) is 64.3 Å². The Kier molecular flexibility index (Phi) is 8.58. The number of phenols is 1. The van der Waals surface area contributed by atoms with Crippen molar-refractivity contribution in [2.45, 2.75) is 80.2 Å². The van der Waals surface area contributed by atoms with Crippen molar-refractivity contribution in [3.63, 3.8) is 0 Å². The first kappa shape index (κ1) is 31.2. The summed E-state index contributed by atoms with van der Waals surface area (Å²) in [6, 6.07) is 13.6. The molecule has 2 aromatic carbocycles. The molecule has 0 aliphatic rings. The molecule has 0 amide bonds. The first-order chi connectivity index (χ1) is 19.5. The standard InChI is InChI=1S/C33H42N3O5Si/c1-19-14-23(15-20(2)28(19)37)25-18-24(30(39-9)35-34-25)27-16-21-12-13-22(29(32(3,4)5)41-42(10)11)17-26(21)36(27)31(38)40-33(6,7)8/h12-18,29,37H,1-11H3. The molecular weight excluding hydrogens is 546 g/mol. The Balaban J connectivity index is 2.00. The number of carbonyl (C=O) groups excluding carboxylic acids is 1. The van der Waals surface area contributed by atoms with Gasteiger partial charge in [-0.05, 0) is 100 Å². The van der Waals surface area contributed by atoms with E-state index in [9.17, 15) is 9.90 Å². The van der Waals surface area contributed by atoms with Crippen LogP contribution in [0.3, 0.4) is 0 Å². The molecule has 0 aliphatic carbocycles. The smallest absolute Gasteiger partial charge is 0.419 e. The highest BCUT2D eigenvalue weighted by molar-refractivity contribution is 6.48. The molecule has 0 fully saturated rings. The number of aryl methyl sites for hydroxylation is 2. The Labute approximate surface area is 250 Å². The van der Waals surface area contributed by atoms with Crippen molar-refractivity contribution in [3.05, 3.63) is 59.2 Å². The number of carbonyl (C=O) groups is 1. The Bertz CT molecular complexity index is 1610. The lowest BCUT2D eigenvalue weighted by molar-refractivity contribution is 0.0547. The van der Waals surface area contributed by atoms with E-state index in [-0.39, 0.29) is 23.1 Å². The minimum absolute atomic E-state index is 0.152. The molecule has 8 nitrogen and oxygen atoms in total. The monoisotopic (exact) mass is 588 g/mol. The van der Waals surface area contributed by atoms with Crippen LogP contribution in [-0.2, 0) is 9.16 Å². The van der Waals surface area contributed by atoms with Gasteiger partial charge < -0.3 is 19.0 Å². The van der Waals surface area contributed by atoms with E-state index in [1.165, 1.54) is 7.11 Å². The average molecular weight is 589 g/mol. The largest absolute Gasteiger partial charge is 0.507 e. The minimum Gasteiger partial charge on any atom is -0.507 e. The minimum atomic E-state index is -0.997. The van der Waals surface area contributed by atoms with Crippen LogP contribution in [0.25, 0.3) is 33.4 Å². The number of nitrogens with zero attached hydrogens (tertiary/aromatic N) is 3. The maximum atomic E-state index is 13.9. The summed E-state index contributed by atoms with van der Waals surface area (Å²) in [5, 5.41) is 19.9. The fraction of sp³-hybridized carbons (Fsp3) is 0.424. The van der Waals surface area contributed by atoms with Gasteiger partial charge in [-0.25, -0.2) is 9.36 Å². The Morgan fingerprint density at radius 2 is 1.60 bits per heavy atom. The van der Waals surface area contributed by atoms with Gasteiger partial charge >= 0.3 is 6.09 Å². The molecule has 223 valence electrons. The third-order valence-corrected chi connectivity index (χ3v) is 7.57. The summed E-state index contributed by atoms with van der Waals surface area (Å²) in [4.78, 5) is 13.9. The molecule has 42 heavy (non-hydrogen) atoms.